The summed E-state index contributed by atoms with van der Waals surface area (Å²) in [5.41, 5.74) is 2.40. The third kappa shape index (κ3) is 4.45. The molecule has 0 aliphatic carbocycles. The lowest BCUT2D eigenvalue weighted by atomic mass is 10.2. The van der Waals surface area contributed by atoms with Crippen molar-refractivity contribution in [3.63, 3.8) is 0 Å². The van der Waals surface area contributed by atoms with Crippen LogP contribution in [0.15, 0.2) is 42.5 Å². The third-order valence-corrected chi connectivity index (χ3v) is 4.72. The molecule has 2 aromatic rings. The number of nitrogens with zero attached hydrogens (tertiary/aromatic N) is 1. The van der Waals surface area contributed by atoms with Crippen LogP contribution in [0.2, 0.25) is 5.02 Å². The van der Waals surface area contributed by atoms with Crippen LogP contribution in [-0.4, -0.2) is 31.2 Å². The number of carbonyl (C=O) groups is 1. The Balaban J connectivity index is 1.62. The molecule has 1 aliphatic heterocycles. The number of benzene rings is 2. The predicted molar refractivity (Wildman–Crippen MR) is 110 cm³/mol. The molecule has 0 radical (unpaired) electrons. The van der Waals surface area contributed by atoms with Gasteiger partial charge in [-0.1, -0.05) is 17.7 Å². The minimum atomic E-state index is -0.331. The zero-order valence-corrected chi connectivity index (χ0v) is 16.0. The van der Waals surface area contributed by atoms with Gasteiger partial charge in [-0.25, -0.2) is 0 Å². The molecule has 1 fully saturated rings. The zero-order valence-electron chi connectivity index (χ0n) is 14.4. The highest BCUT2D eigenvalue weighted by atomic mass is 35.5. The van der Waals surface area contributed by atoms with Gasteiger partial charge in [0, 0.05) is 30.0 Å². The van der Waals surface area contributed by atoms with Crippen molar-refractivity contribution in [3.8, 4) is 5.75 Å². The van der Waals surface area contributed by atoms with Gasteiger partial charge in [-0.3, -0.25) is 10.1 Å². The fraction of sp³-hybridized carbons (Fsp3) is 0.263. The Morgan fingerprint density at radius 2 is 1.96 bits per heavy atom. The van der Waals surface area contributed by atoms with Gasteiger partial charge in [0.2, 0.25) is 0 Å². The maximum absolute atomic E-state index is 12.3. The molecule has 5 nitrogen and oxygen atoms in total. The van der Waals surface area contributed by atoms with Crippen molar-refractivity contribution in [2.75, 3.05) is 30.4 Å². The molecule has 7 heteroatoms. The fourth-order valence-electron chi connectivity index (χ4n) is 2.90. The molecule has 1 aliphatic rings. The summed E-state index contributed by atoms with van der Waals surface area (Å²) in [6, 6.07) is 12.8. The molecular weight excluding hydrogens is 370 g/mol. The number of nitrogens with one attached hydrogen (secondary N) is 2. The van der Waals surface area contributed by atoms with Crippen LogP contribution in [0.4, 0.5) is 11.4 Å². The quantitative estimate of drug-likeness (QED) is 0.772. The van der Waals surface area contributed by atoms with E-state index in [4.69, 9.17) is 28.6 Å². The Morgan fingerprint density at radius 1 is 1.19 bits per heavy atom. The summed E-state index contributed by atoms with van der Waals surface area (Å²) in [7, 11) is 1.52. The average Bonchev–Trinajstić information content (AvgIpc) is 3.16. The van der Waals surface area contributed by atoms with Gasteiger partial charge in [-0.15, -0.1) is 0 Å². The maximum Gasteiger partial charge on any atom is 0.257 e. The highest BCUT2D eigenvalue weighted by molar-refractivity contribution is 7.80. The second-order valence-electron chi connectivity index (χ2n) is 6.00. The van der Waals surface area contributed by atoms with Gasteiger partial charge in [0.25, 0.3) is 5.91 Å². The molecule has 136 valence electrons. The van der Waals surface area contributed by atoms with Crippen molar-refractivity contribution in [2.45, 2.75) is 12.8 Å². The summed E-state index contributed by atoms with van der Waals surface area (Å²) < 4.78 is 5.09. The third-order valence-electron chi connectivity index (χ3n) is 4.22. The van der Waals surface area contributed by atoms with Gasteiger partial charge in [-0.2, -0.15) is 0 Å². The summed E-state index contributed by atoms with van der Waals surface area (Å²) in [6.07, 6.45) is 2.44. The van der Waals surface area contributed by atoms with E-state index in [-0.39, 0.29) is 11.0 Å². The molecule has 3 rings (SSSR count). The second-order valence-corrected chi connectivity index (χ2v) is 6.82. The van der Waals surface area contributed by atoms with E-state index < -0.39 is 0 Å². The molecule has 0 unspecified atom stereocenters. The molecule has 0 saturated carbocycles. The van der Waals surface area contributed by atoms with Crippen LogP contribution in [0.1, 0.15) is 23.2 Å². The zero-order chi connectivity index (χ0) is 18.5. The Morgan fingerprint density at radius 3 is 2.65 bits per heavy atom. The Kier molecular flexibility index (Phi) is 5.96. The van der Waals surface area contributed by atoms with Crippen LogP contribution < -0.4 is 20.3 Å². The lowest BCUT2D eigenvalue weighted by Gasteiger charge is -2.19. The summed E-state index contributed by atoms with van der Waals surface area (Å²) in [5.74, 6) is 0.186. The Labute approximate surface area is 163 Å². The van der Waals surface area contributed by atoms with E-state index in [9.17, 15) is 4.79 Å². The van der Waals surface area contributed by atoms with E-state index in [2.05, 4.69) is 21.6 Å². The van der Waals surface area contributed by atoms with E-state index in [0.717, 1.165) is 24.5 Å². The summed E-state index contributed by atoms with van der Waals surface area (Å²) in [5, 5.41) is 6.33. The number of hydrogen-bond donors (Lipinski definition) is 2. The first kappa shape index (κ1) is 18.5. The lowest BCUT2D eigenvalue weighted by Crippen LogP contribution is -2.34. The summed E-state index contributed by atoms with van der Waals surface area (Å²) in [6.45, 7) is 2.14. The Bertz CT molecular complexity index is 822. The maximum atomic E-state index is 12.3. The van der Waals surface area contributed by atoms with Crippen LogP contribution in [-0.2, 0) is 0 Å². The fourth-order valence-corrected chi connectivity index (χ4v) is 3.37. The number of carbonyl (C=O) groups excluding carboxylic acids is 1. The molecule has 0 atom stereocenters. The lowest BCUT2D eigenvalue weighted by molar-refractivity contribution is 0.0977. The van der Waals surface area contributed by atoms with Gasteiger partial charge >= 0.3 is 0 Å². The first-order chi connectivity index (χ1) is 12.6. The topological polar surface area (TPSA) is 53.6 Å². The van der Waals surface area contributed by atoms with Crippen LogP contribution in [0.5, 0.6) is 5.75 Å². The van der Waals surface area contributed by atoms with E-state index in [1.807, 2.05) is 18.2 Å². The van der Waals surface area contributed by atoms with E-state index in [1.54, 1.807) is 18.2 Å². The predicted octanol–water partition coefficient (Wildman–Crippen LogP) is 4.08. The van der Waals surface area contributed by atoms with Crippen molar-refractivity contribution in [1.29, 1.82) is 0 Å². The normalized spacial score (nSPS) is 13.4. The largest absolute Gasteiger partial charge is 0.495 e. The number of halogens is 1. The van der Waals surface area contributed by atoms with Crippen molar-refractivity contribution in [2.24, 2.45) is 0 Å². The molecule has 0 bridgehead atoms. The molecule has 1 saturated heterocycles. The van der Waals surface area contributed by atoms with Crippen LogP contribution in [0, 0.1) is 0 Å². The number of amides is 1. The molecular formula is C19H20ClN3O2S. The number of anilines is 2. The first-order valence-electron chi connectivity index (χ1n) is 8.38. The smallest absolute Gasteiger partial charge is 0.257 e. The van der Waals surface area contributed by atoms with E-state index >= 15 is 0 Å². The van der Waals surface area contributed by atoms with Crippen molar-refractivity contribution >= 4 is 46.2 Å². The van der Waals surface area contributed by atoms with E-state index in [1.165, 1.54) is 20.0 Å². The van der Waals surface area contributed by atoms with Gasteiger partial charge < -0.3 is 15.0 Å². The SMILES string of the molecule is COc1ccc(C(=O)NC(=S)Nc2cccc(N3CCCC3)c2)cc1Cl. The van der Waals surface area contributed by atoms with Crippen LogP contribution >= 0.6 is 23.8 Å². The summed E-state index contributed by atoms with van der Waals surface area (Å²) >= 11 is 11.3. The van der Waals surface area contributed by atoms with Crippen LogP contribution in [0.3, 0.4) is 0 Å². The second kappa shape index (κ2) is 8.38. The highest BCUT2D eigenvalue weighted by Crippen LogP contribution is 2.25. The number of rotatable bonds is 4. The van der Waals surface area contributed by atoms with Gasteiger partial charge in [0.15, 0.2) is 5.11 Å². The molecule has 1 heterocycles. The highest BCUT2D eigenvalue weighted by Gasteiger charge is 2.14. The Hall–Kier alpha value is -2.31. The molecule has 1 amide bonds. The number of hydrogen-bond acceptors (Lipinski definition) is 4. The number of ether oxygens (including phenoxy) is 1. The minimum Gasteiger partial charge on any atom is -0.495 e. The van der Waals surface area contributed by atoms with Crippen molar-refractivity contribution < 1.29 is 9.53 Å². The van der Waals surface area contributed by atoms with Crippen molar-refractivity contribution in [1.82, 2.24) is 5.32 Å². The minimum absolute atomic E-state index is 0.237. The molecule has 2 aromatic carbocycles. The summed E-state index contributed by atoms with van der Waals surface area (Å²) in [4.78, 5) is 14.7. The van der Waals surface area contributed by atoms with Crippen LogP contribution in [0.25, 0.3) is 0 Å². The monoisotopic (exact) mass is 389 g/mol. The average molecular weight is 390 g/mol. The first-order valence-corrected chi connectivity index (χ1v) is 9.16. The molecule has 0 spiro atoms. The van der Waals surface area contributed by atoms with E-state index in [0.29, 0.717) is 16.3 Å². The molecule has 0 aromatic heterocycles. The van der Waals surface area contributed by atoms with Gasteiger partial charge in [-0.05, 0) is 61.5 Å². The standard InChI is InChI=1S/C19H20ClN3O2S/c1-25-17-8-7-13(11-16(17)20)18(24)22-19(26)21-14-5-4-6-15(12-14)23-9-2-3-10-23/h4-8,11-12H,2-3,9-10H2,1H3,(H2,21,22,24,26). The van der Waals surface area contributed by atoms with Gasteiger partial charge in [0.05, 0.1) is 12.1 Å². The van der Waals surface area contributed by atoms with Gasteiger partial charge in [0.1, 0.15) is 5.75 Å². The number of methoxy groups -OCH3 is 1. The number of thiocarbonyl (C=S) groups is 1. The van der Waals surface area contributed by atoms with Crippen molar-refractivity contribution in [3.05, 3.63) is 53.1 Å². The molecule has 2 N–H and O–H groups in total. The molecule has 26 heavy (non-hydrogen) atoms.